The normalized spacial score (nSPS) is 15.0. The van der Waals surface area contributed by atoms with E-state index in [2.05, 4.69) is 30.4 Å². The van der Waals surface area contributed by atoms with Gasteiger partial charge in [0.15, 0.2) is 4.90 Å². The highest BCUT2D eigenvalue weighted by Gasteiger charge is 2.45. The fourth-order valence-corrected chi connectivity index (χ4v) is 5.51. The second kappa shape index (κ2) is 13.1. The minimum Gasteiger partial charge on any atom is -0.313 e. The van der Waals surface area contributed by atoms with Crippen LogP contribution >= 0.6 is 0 Å². The summed E-state index contributed by atoms with van der Waals surface area (Å²) in [6.45, 7) is 15.3. The van der Waals surface area contributed by atoms with Gasteiger partial charge < -0.3 is 14.7 Å². The predicted molar refractivity (Wildman–Crippen MR) is 152 cm³/mol. The molecule has 0 aliphatic carbocycles. The molecule has 2 amide bonds. The van der Waals surface area contributed by atoms with Crippen molar-refractivity contribution in [2.75, 3.05) is 43.0 Å². The van der Waals surface area contributed by atoms with Crippen LogP contribution in [0, 0.1) is 15.5 Å². The molecule has 0 atom stereocenters. The van der Waals surface area contributed by atoms with E-state index in [0.717, 1.165) is 12.1 Å². The zero-order valence-electron chi connectivity index (χ0n) is 23.7. The van der Waals surface area contributed by atoms with Crippen molar-refractivity contribution in [1.82, 2.24) is 9.62 Å². The average molecular weight is 562 g/mol. The first kappa shape index (κ1) is 31.9. The van der Waals surface area contributed by atoms with Gasteiger partial charge in [-0.15, -0.1) is 0 Å². The van der Waals surface area contributed by atoms with E-state index in [9.17, 15) is 28.1 Å². The largest absolute Gasteiger partial charge is 0.313 e. The highest BCUT2D eigenvalue weighted by atomic mass is 32.2. The molecule has 0 fully saturated rings. The first-order valence-corrected chi connectivity index (χ1v) is 14.4. The van der Waals surface area contributed by atoms with Crippen molar-refractivity contribution in [3.8, 4) is 0 Å². The van der Waals surface area contributed by atoms with Crippen LogP contribution in [0.4, 0.5) is 17.1 Å². The Balaban J connectivity index is 0.000000673. The van der Waals surface area contributed by atoms with Crippen molar-refractivity contribution < 1.29 is 22.9 Å². The average Bonchev–Trinajstić information content (AvgIpc) is 2.97. The van der Waals surface area contributed by atoms with Gasteiger partial charge in [-0.05, 0) is 64.2 Å². The third kappa shape index (κ3) is 7.00. The smallest absolute Gasteiger partial charge is 0.289 e. The Morgan fingerprint density at radius 2 is 1.54 bits per heavy atom. The Morgan fingerprint density at radius 1 is 0.949 bits per heavy atom. The molecule has 11 nitrogen and oxygen atoms in total. The monoisotopic (exact) mass is 561 g/mol. The van der Waals surface area contributed by atoms with E-state index in [1.807, 2.05) is 6.92 Å². The van der Waals surface area contributed by atoms with Crippen molar-refractivity contribution in [2.24, 2.45) is 5.41 Å². The van der Waals surface area contributed by atoms with Gasteiger partial charge in [0.2, 0.25) is 21.8 Å². The van der Waals surface area contributed by atoms with Gasteiger partial charge in [-0.2, -0.15) is 0 Å². The number of sulfonamides is 1. The quantitative estimate of drug-likeness (QED) is 0.280. The highest BCUT2D eigenvalue weighted by molar-refractivity contribution is 7.89. The molecule has 0 unspecified atom stereocenters. The minimum absolute atomic E-state index is 0.160. The predicted octanol–water partition coefficient (Wildman–Crippen LogP) is 3.78. The molecule has 12 heteroatoms. The number of benzene rings is 2. The first-order valence-electron chi connectivity index (χ1n) is 12.9. The van der Waals surface area contributed by atoms with E-state index in [0.29, 0.717) is 23.5 Å². The topological polar surface area (TPSA) is 133 Å². The van der Waals surface area contributed by atoms with E-state index in [4.69, 9.17) is 0 Å². The summed E-state index contributed by atoms with van der Waals surface area (Å²) in [5.74, 6) is -0.696. The minimum atomic E-state index is -4.17. The SMILES string of the molecule is CCN(CC)CC.CCN1C(=O)C(C)(C)C(=O)N(C)c2cc(CNS(=O)(=O)c3ccccc3[N+](=O)[O-])ccc21. The number of para-hydroxylation sites is 1. The molecule has 3 rings (SSSR count). The van der Waals surface area contributed by atoms with Crippen molar-refractivity contribution in [3.63, 3.8) is 0 Å². The van der Waals surface area contributed by atoms with Crippen LogP contribution in [0.25, 0.3) is 0 Å². The van der Waals surface area contributed by atoms with Crippen LogP contribution in [0.3, 0.4) is 0 Å². The lowest BCUT2D eigenvalue weighted by molar-refractivity contribution is -0.387. The van der Waals surface area contributed by atoms with E-state index in [1.54, 1.807) is 39.1 Å². The number of nitro benzene ring substituents is 1. The number of fused-ring (bicyclic) bond motifs is 1. The third-order valence-electron chi connectivity index (χ3n) is 6.79. The van der Waals surface area contributed by atoms with Gasteiger partial charge in [0, 0.05) is 26.2 Å². The summed E-state index contributed by atoms with van der Waals surface area (Å²) in [5.41, 5.74) is -0.236. The number of nitrogens with zero attached hydrogens (tertiary/aromatic N) is 4. The lowest BCUT2D eigenvalue weighted by Crippen LogP contribution is -2.47. The van der Waals surface area contributed by atoms with Crippen LogP contribution in [0.1, 0.15) is 47.1 Å². The standard InChI is InChI=1S/C21H24N4O6S.C6H15N/c1-5-24-15-11-10-14(12-17(15)23(4)19(26)21(2,3)20(24)27)13-22-32(30,31)18-9-7-6-8-16(18)25(28)29;1-4-7(5-2)6-3/h6-12,22H,5,13H2,1-4H3;4-6H2,1-3H3. The second-order valence-corrected chi connectivity index (χ2v) is 11.3. The van der Waals surface area contributed by atoms with Crippen LogP contribution in [0.5, 0.6) is 0 Å². The maximum atomic E-state index is 12.9. The molecule has 2 aromatic carbocycles. The summed E-state index contributed by atoms with van der Waals surface area (Å²) in [4.78, 5) is 41.1. The lowest BCUT2D eigenvalue weighted by atomic mass is 9.90. The molecule has 0 saturated heterocycles. The molecule has 2 aromatic rings. The molecule has 0 radical (unpaired) electrons. The van der Waals surface area contributed by atoms with Crippen LogP contribution in [0.15, 0.2) is 47.4 Å². The van der Waals surface area contributed by atoms with Crippen molar-refractivity contribution in [1.29, 1.82) is 0 Å². The highest BCUT2D eigenvalue weighted by Crippen LogP contribution is 2.38. The molecule has 1 aliphatic rings. The molecule has 1 N–H and O–H groups in total. The summed E-state index contributed by atoms with van der Waals surface area (Å²) >= 11 is 0. The van der Waals surface area contributed by atoms with E-state index in [-0.39, 0.29) is 18.4 Å². The molecule has 0 saturated carbocycles. The Kier molecular flexibility index (Phi) is 10.7. The van der Waals surface area contributed by atoms with Gasteiger partial charge in [0.05, 0.1) is 16.3 Å². The third-order valence-corrected chi connectivity index (χ3v) is 8.24. The molecule has 214 valence electrons. The van der Waals surface area contributed by atoms with Crippen LogP contribution in [-0.4, -0.2) is 63.3 Å². The van der Waals surface area contributed by atoms with Gasteiger partial charge in [0.25, 0.3) is 5.69 Å². The molecule has 1 heterocycles. The Bertz CT molecular complexity index is 1300. The number of hydrogen-bond donors (Lipinski definition) is 1. The van der Waals surface area contributed by atoms with Crippen molar-refractivity contribution in [2.45, 2.75) is 53.0 Å². The number of carbonyl (C=O) groups is 2. The molecule has 39 heavy (non-hydrogen) atoms. The maximum Gasteiger partial charge on any atom is 0.289 e. The number of carbonyl (C=O) groups excluding carboxylic acids is 2. The molecule has 0 bridgehead atoms. The number of nitrogens with one attached hydrogen (secondary N) is 1. The number of amides is 2. The van der Waals surface area contributed by atoms with E-state index in [1.165, 1.54) is 41.6 Å². The molecule has 1 aliphatic heterocycles. The van der Waals surface area contributed by atoms with Gasteiger partial charge >= 0.3 is 0 Å². The van der Waals surface area contributed by atoms with Crippen LogP contribution in [0.2, 0.25) is 0 Å². The first-order chi connectivity index (χ1) is 18.3. The van der Waals surface area contributed by atoms with Crippen LogP contribution in [-0.2, 0) is 26.2 Å². The fraction of sp³-hybridized carbons (Fsp3) is 0.481. The van der Waals surface area contributed by atoms with Gasteiger partial charge in [0.1, 0.15) is 5.41 Å². The zero-order valence-corrected chi connectivity index (χ0v) is 24.5. The van der Waals surface area contributed by atoms with Crippen molar-refractivity contribution >= 4 is 38.9 Å². The van der Waals surface area contributed by atoms with Gasteiger partial charge in [-0.1, -0.05) is 39.0 Å². The summed E-state index contributed by atoms with van der Waals surface area (Å²) in [5, 5.41) is 11.2. The number of hydrogen-bond acceptors (Lipinski definition) is 7. The second-order valence-electron chi connectivity index (χ2n) is 9.53. The Labute approximate surface area is 231 Å². The molecule has 0 spiro atoms. The van der Waals surface area contributed by atoms with Gasteiger partial charge in [-0.3, -0.25) is 19.7 Å². The Hall–Kier alpha value is -3.35. The summed E-state index contributed by atoms with van der Waals surface area (Å²) in [6, 6.07) is 10.0. The van der Waals surface area contributed by atoms with Crippen molar-refractivity contribution in [3.05, 3.63) is 58.1 Å². The van der Waals surface area contributed by atoms with Crippen LogP contribution < -0.4 is 14.5 Å². The maximum absolute atomic E-state index is 12.9. The summed E-state index contributed by atoms with van der Waals surface area (Å²) in [7, 11) is -2.60. The molecular weight excluding hydrogens is 522 g/mol. The summed E-state index contributed by atoms with van der Waals surface area (Å²) < 4.78 is 27.7. The Morgan fingerprint density at radius 3 is 2.05 bits per heavy atom. The number of nitro groups is 1. The fourth-order valence-electron chi connectivity index (χ4n) is 4.32. The van der Waals surface area contributed by atoms with E-state index >= 15 is 0 Å². The van der Waals surface area contributed by atoms with Gasteiger partial charge in [-0.25, -0.2) is 13.1 Å². The van der Waals surface area contributed by atoms with E-state index < -0.39 is 30.9 Å². The number of anilines is 2. The molecular formula is C27H39N5O6S. The lowest BCUT2D eigenvalue weighted by Gasteiger charge is -2.27. The molecule has 0 aromatic heterocycles. The zero-order chi connectivity index (χ0) is 29.5. The number of rotatable bonds is 9. The summed E-state index contributed by atoms with van der Waals surface area (Å²) in [6.07, 6.45) is 0.